The highest BCUT2D eigenvalue weighted by Gasteiger charge is 2.04. The van der Waals surface area contributed by atoms with Crippen molar-refractivity contribution in [2.24, 2.45) is 4.99 Å². The monoisotopic (exact) mass is 491 g/mol. The van der Waals surface area contributed by atoms with Gasteiger partial charge < -0.3 is 15.4 Å². The van der Waals surface area contributed by atoms with Gasteiger partial charge in [0.05, 0.1) is 12.1 Å². The van der Waals surface area contributed by atoms with Crippen LogP contribution in [0, 0.1) is 0 Å². The van der Waals surface area contributed by atoms with E-state index in [0.29, 0.717) is 25.6 Å². The smallest absolute Gasteiger partial charge is 0.213 e. The maximum Gasteiger partial charge on any atom is 0.213 e. The van der Waals surface area contributed by atoms with Crippen LogP contribution in [0.4, 0.5) is 0 Å². The minimum absolute atomic E-state index is 0. The van der Waals surface area contributed by atoms with Crippen molar-refractivity contribution in [3.8, 4) is 5.88 Å². The normalized spacial score (nSPS) is 11.0. The first-order valence-corrected chi connectivity index (χ1v) is 9.15. The largest absolute Gasteiger partial charge is 0.478 e. The van der Waals surface area contributed by atoms with Crippen molar-refractivity contribution in [1.29, 1.82) is 0 Å². The molecular formula is C21H26IN5O. The third-order valence-corrected chi connectivity index (χ3v) is 4.12. The molecule has 6 nitrogen and oxygen atoms in total. The Morgan fingerprint density at radius 3 is 2.61 bits per heavy atom. The van der Waals surface area contributed by atoms with Gasteiger partial charge >= 0.3 is 0 Å². The maximum atomic E-state index is 5.51. The Kier molecular flexibility index (Phi) is 8.93. The minimum Gasteiger partial charge on any atom is -0.478 e. The highest BCUT2D eigenvalue weighted by atomic mass is 127. The van der Waals surface area contributed by atoms with Gasteiger partial charge in [0.1, 0.15) is 0 Å². The van der Waals surface area contributed by atoms with Gasteiger partial charge in [-0.1, -0.05) is 31.2 Å². The van der Waals surface area contributed by atoms with Crippen LogP contribution in [0.1, 0.15) is 24.5 Å². The Balaban J connectivity index is 0.00000280. The summed E-state index contributed by atoms with van der Waals surface area (Å²) in [6.45, 7) is 4.07. The molecule has 148 valence electrons. The molecular weight excluding hydrogens is 465 g/mol. The van der Waals surface area contributed by atoms with Gasteiger partial charge in [0, 0.05) is 44.0 Å². The van der Waals surface area contributed by atoms with Gasteiger partial charge in [-0.25, -0.2) is 4.98 Å². The van der Waals surface area contributed by atoms with Crippen LogP contribution in [0.25, 0.3) is 10.9 Å². The lowest BCUT2D eigenvalue weighted by Crippen LogP contribution is -2.36. The Morgan fingerprint density at radius 2 is 1.86 bits per heavy atom. The summed E-state index contributed by atoms with van der Waals surface area (Å²) >= 11 is 0. The molecule has 3 rings (SSSR count). The number of ether oxygens (including phenoxy) is 1. The number of para-hydroxylation sites is 1. The van der Waals surface area contributed by atoms with Crippen molar-refractivity contribution in [2.45, 2.75) is 26.4 Å². The molecule has 0 amide bonds. The lowest BCUT2D eigenvalue weighted by atomic mass is 10.1. The number of nitrogens with one attached hydrogen (secondary N) is 2. The van der Waals surface area contributed by atoms with E-state index in [0.717, 1.165) is 28.8 Å². The van der Waals surface area contributed by atoms with Crippen molar-refractivity contribution >= 4 is 40.8 Å². The molecule has 0 atom stereocenters. The van der Waals surface area contributed by atoms with Crippen molar-refractivity contribution in [3.05, 3.63) is 66.0 Å². The highest BCUT2D eigenvalue weighted by Crippen LogP contribution is 2.15. The summed E-state index contributed by atoms with van der Waals surface area (Å²) in [4.78, 5) is 13.0. The van der Waals surface area contributed by atoms with E-state index in [2.05, 4.69) is 38.6 Å². The quantitative estimate of drug-likeness (QED) is 0.298. The number of rotatable bonds is 7. The van der Waals surface area contributed by atoms with E-state index in [1.165, 1.54) is 5.56 Å². The van der Waals surface area contributed by atoms with Gasteiger partial charge in [-0.2, -0.15) is 0 Å². The second kappa shape index (κ2) is 11.4. The average Bonchev–Trinajstić information content (AvgIpc) is 2.73. The number of pyridine rings is 2. The highest BCUT2D eigenvalue weighted by molar-refractivity contribution is 14.0. The Morgan fingerprint density at radius 1 is 1.04 bits per heavy atom. The molecule has 0 saturated heterocycles. The fourth-order valence-electron chi connectivity index (χ4n) is 2.70. The van der Waals surface area contributed by atoms with Crippen LogP contribution in [0.2, 0.25) is 0 Å². The molecule has 0 aliphatic heterocycles. The SMILES string of the molecule is CCCOc1ccc(CNC(=NC)NCc2ccnc3ccccc23)cn1.I. The van der Waals surface area contributed by atoms with Crippen LogP contribution < -0.4 is 15.4 Å². The summed E-state index contributed by atoms with van der Waals surface area (Å²) in [5, 5.41) is 7.81. The molecule has 0 fully saturated rings. The molecule has 0 aliphatic carbocycles. The molecule has 0 bridgehead atoms. The van der Waals surface area contributed by atoms with E-state index < -0.39 is 0 Å². The number of halogens is 1. The predicted octanol–water partition coefficient (Wildman–Crippen LogP) is 3.90. The Hall–Kier alpha value is -2.42. The standard InChI is InChI=1S/C21H25N5O.HI/c1-3-12-27-20-9-8-16(13-24-20)14-25-21(22-2)26-15-17-10-11-23-19-7-5-4-6-18(17)19;/h4-11,13H,3,12,14-15H2,1-2H3,(H2,22,25,26);1H. The first kappa shape index (κ1) is 21.9. The first-order chi connectivity index (χ1) is 13.3. The van der Waals surface area contributed by atoms with Gasteiger partial charge in [-0.3, -0.25) is 9.98 Å². The average molecular weight is 491 g/mol. The molecule has 0 unspecified atom stereocenters. The zero-order valence-electron chi connectivity index (χ0n) is 16.2. The van der Waals surface area contributed by atoms with Crippen LogP contribution in [0.15, 0.2) is 59.9 Å². The van der Waals surface area contributed by atoms with E-state index in [9.17, 15) is 0 Å². The van der Waals surface area contributed by atoms with Crippen LogP contribution >= 0.6 is 24.0 Å². The third kappa shape index (κ3) is 6.05. The fourth-order valence-corrected chi connectivity index (χ4v) is 2.70. The van der Waals surface area contributed by atoms with Crippen molar-refractivity contribution < 1.29 is 4.74 Å². The van der Waals surface area contributed by atoms with Gasteiger partial charge in [-0.05, 0) is 29.7 Å². The second-order valence-electron chi connectivity index (χ2n) is 6.12. The van der Waals surface area contributed by atoms with Gasteiger partial charge in [-0.15, -0.1) is 24.0 Å². The summed E-state index contributed by atoms with van der Waals surface area (Å²) < 4.78 is 5.51. The molecule has 2 aromatic heterocycles. The molecule has 0 spiro atoms. The molecule has 0 radical (unpaired) electrons. The second-order valence-corrected chi connectivity index (χ2v) is 6.12. The number of hydrogen-bond acceptors (Lipinski definition) is 4. The Labute approximate surface area is 182 Å². The van der Waals surface area contributed by atoms with E-state index >= 15 is 0 Å². The molecule has 3 aromatic rings. The molecule has 7 heteroatoms. The lowest BCUT2D eigenvalue weighted by molar-refractivity contribution is 0.305. The van der Waals surface area contributed by atoms with Crippen LogP contribution in [0.5, 0.6) is 5.88 Å². The van der Waals surface area contributed by atoms with E-state index in [4.69, 9.17) is 4.74 Å². The number of hydrogen-bond donors (Lipinski definition) is 2. The molecule has 2 N–H and O–H groups in total. The fraction of sp³-hybridized carbons (Fsp3) is 0.286. The number of nitrogens with zero attached hydrogens (tertiary/aromatic N) is 3. The van der Waals surface area contributed by atoms with Crippen molar-refractivity contribution in [2.75, 3.05) is 13.7 Å². The van der Waals surface area contributed by atoms with Crippen LogP contribution in [-0.2, 0) is 13.1 Å². The number of guanidine groups is 1. The van der Waals surface area contributed by atoms with E-state index in [1.54, 1.807) is 7.05 Å². The Bertz CT molecular complexity index is 893. The van der Waals surface area contributed by atoms with Crippen LogP contribution in [-0.4, -0.2) is 29.6 Å². The van der Waals surface area contributed by atoms with Gasteiger partial charge in [0.15, 0.2) is 5.96 Å². The maximum absolute atomic E-state index is 5.51. The summed E-state index contributed by atoms with van der Waals surface area (Å²) in [5.41, 5.74) is 3.25. The third-order valence-electron chi connectivity index (χ3n) is 4.12. The summed E-state index contributed by atoms with van der Waals surface area (Å²) in [5.74, 6) is 1.40. The topological polar surface area (TPSA) is 71.4 Å². The van der Waals surface area contributed by atoms with Crippen molar-refractivity contribution in [1.82, 2.24) is 20.6 Å². The molecule has 28 heavy (non-hydrogen) atoms. The molecule has 0 saturated carbocycles. The summed E-state index contributed by atoms with van der Waals surface area (Å²) in [6.07, 6.45) is 4.63. The first-order valence-electron chi connectivity index (χ1n) is 9.15. The lowest BCUT2D eigenvalue weighted by Gasteiger charge is -2.13. The number of aliphatic imine (C=N–C) groups is 1. The number of aromatic nitrogens is 2. The van der Waals surface area contributed by atoms with Crippen LogP contribution in [0.3, 0.4) is 0 Å². The molecule has 2 heterocycles. The molecule has 0 aliphatic rings. The van der Waals surface area contributed by atoms with E-state index in [1.807, 2.05) is 48.8 Å². The van der Waals surface area contributed by atoms with E-state index in [-0.39, 0.29) is 24.0 Å². The van der Waals surface area contributed by atoms with Gasteiger partial charge in [0.2, 0.25) is 5.88 Å². The zero-order valence-corrected chi connectivity index (χ0v) is 18.5. The van der Waals surface area contributed by atoms with Crippen molar-refractivity contribution in [3.63, 3.8) is 0 Å². The molecule has 1 aromatic carbocycles. The number of benzene rings is 1. The minimum atomic E-state index is 0. The van der Waals surface area contributed by atoms with Gasteiger partial charge in [0.25, 0.3) is 0 Å². The zero-order chi connectivity index (χ0) is 18.9. The predicted molar refractivity (Wildman–Crippen MR) is 124 cm³/mol. The number of fused-ring (bicyclic) bond motifs is 1. The summed E-state index contributed by atoms with van der Waals surface area (Å²) in [7, 11) is 1.76. The summed E-state index contributed by atoms with van der Waals surface area (Å²) in [6, 6.07) is 14.1.